The molecule has 0 fully saturated rings. The second kappa shape index (κ2) is 8.01. The number of anilines is 1. The van der Waals surface area contributed by atoms with E-state index in [9.17, 15) is 10.1 Å². The summed E-state index contributed by atoms with van der Waals surface area (Å²) < 4.78 is 0. The fourth-order valence-electron chi connectivity index (χ4n) is 2.44. The first-order chi connectivity index (χ1) is 12.5. The molecular weight excluding hydrogens is 350 g/mol. The molecule has 0 saturated heterocycles. The Hall–Kier alpha value is -2.87. The van der Waals surface area contributed by atoms with E-state index in [1.165, 1.54) is 17.0 Å². The Morgan fingerprint density at radius 2 is 2.00 bits per heavy atom. The van der Waals surface area contributed by atoms with E-state index in [1.54, 1.807) is 23.5 Å². The predicted octanol–water partition coefficient (Wildman–Crippen LogP) is 4.03. The van der Waals surface area contributed by atoms with Crippen molar-refractivity contribution in [3.8, 4) is 11.4 Å². The zero-order valence-corrected chi connectivity index (χ0v) is 15.4. The van der Waals surface area contributed by atoms with Gasteiger partial charge in [-0.15, -0.1) is 11.3 Å². The quantitative estimate of drug-likeness (QED) is 0.499. The number of nitrogens with one attached hydrogen (secondary N) is 1. The van der Waals surface area contributed by atoms with Crippen molar-refractivity contribution in [2.45, 2.75) is 26.7 Å². The molecule has 1 aromatic carbocycles. The number of thiazole rings is 1. The minimum Gasteiger partial charge on any atom is -0.370 e. The summed E-state index contributed by atoms with van der Waals surface area (Å²) in [6.07, 6.45) is 3.77. The van der Waals surface area contributed by atoms with Crippen LogP contribution in [0.3, 0.4) is 0 Å². The van der Waals surface area contributed by atoms with Crippen LogP contribution in [0, 0.1) is 17.0 Å². The van der Waals surface area contributed by atoms with E-state index < -0.39 is 4.92 Å². The van der Waals surface area contributed by atoms with Crippen molar-refractivity contribution < 1.29 is 4.92 Å². The van der Waals surface area contributed by atoms with Gasteiger partial charge in [-0.25, -0.2) is 15.0 Å². The number of hydrogen-bond donors (Lipinski definition) is 1. The molecule has 0 aliphatic carbocycles. The van der Waals surface area contributed by atoms with Gasteiger partial charge in [0.25, 0.3) is 5.69 Å². The summed E-state index contributed by atoms with van der Waals surface area (Å²) in [5.41, 5.74) is 1.63. The number of non-ortho nitro benzene ring substituents is 1. The van der Waals surface area contributed by atoms with Crippen LogP contribution in [-0.2, 0) is 12.8 Å². The minimum atomic E-state index is -0.420. The second-order valence-corrected chi connectivity index (χ2v) is 6.97. The van der Waals surface area contributed by atoms with Crippen LogP contribution in [0.1, 0.15) is 22.5 Å². The van der Waals surface area contributed by atoms with Gasteiger partial charge < -0.3 is 5.32 Å². The summed E-state index contributed by atoms with van der Waals surface area (Å²) >= 11 is 1.74. The van der Waals surface area contributed by atoms with Gasteiger partial charge >= 0.3 is 0 Å². The molecule has 0 spiro atoms. The average molecular weight is 369 g/mol. The second-order valence-electron chi connectivity index (χ2n) is 5.77. The van der Waals surface area contributed by atoms with Crippen LogP contribution < -0.4 is 5.32 Å². The molecule has 0 saturated carbocycles. The van der Waals surface area contributed by atoms with Gasteiger partial charge in [-0.2, -0.15) is 0 Å². The third-order valence-corrected chi connectivity index (χ3v) is 4.99. The molecule has 7 nitrogen and oxygen atoms in total. The molecule has 3 rings (SSSR count). The topological polar surface area (TPSA) is 93.8 Å². The Balaban J connectivity index is 1.69. The van der Waals surface area contributed by atoms with Gasteiger partial charge in [0.15, 0.2) is 5.82 Å². The van der Waals surface area contributed by atoms with E-state index in [1.807, 2.05) is 19.2 Å². The molecule has 0 bridgehead atoms. The maximum atomic E-state index is 10.8. The van der Waals surface area contributed by atoms with Crippen molar-refractivity contribution in [1.29, 1.82) is 0 Å². The van der Waals surface area contributed by atoms with Crippen molar-refractivity contribution in [3.63, 3.8) is 0 Å². The molecule has 134 valence electrons. The lowest BCUT2D eigenvalue weighted by atomic mass is 10.2. The van der Waals surface area contributed by atoms with Crippen LogP contribution in [-0.4, -0.2) is 26.4 Å². The van der Waals surface area contributed by atoms with Crippen LogP contribution in [0.15, 0.2) is 36.5 Å². The third kappa shape index (κ3) is 4.40. The highest BCUT2D eigenvalue weighted by molar-refractivity contribution is 7.11. The molecule has 0 aliphatic heterocycles. The molecule has 0 aliphatic rings. The first kappa shape index (κ1) is 17.9. The molecule has 0 unspecified atom stereocenters. The highest BCUT2D eigenvalue weighted by Gasteiger charge is 2.09. The summed E-state index contributed by atoms with van der Waals surface area (Å²) in [5.74, 6) is 1.28. The molecule has 8 heteroatoms. The smallest absolute Gasteiger partial charge is 0.269 e. The number of aryl methyl sites for hydroxylation is 2. The summed E-state index contributed by atoms with van der Waals surface area (Å²) in [7, 11) is 0. The third-order valence-electron chi connectivity index (χ3n) is 3.79. The number of hydrogen-bond acceptors (Lipinski definition) is 7. The summed E-state index contributed by atoms with van der Waals surface area (Å²) in [6.45, 7) is 4.75. The molecule has 0 atom stereocenters. The maximum absolute atomic E-state index is 10.8. The lowest BCUT2D eigenvalue weighted by Gasteiger charge is -2.08. The zero-order chi connectivity index (χ0) is 18.5. The first-order valence-electron chi connectivity index (χ1n) is 8.33. The summed E-state index contributed by atoms with van der Waals surface area (Å²) in [4.78, 5) is 25.0. The first-order valence-corrected chi connectivity index (χ1v) is 9.14. The van der Waals surface area contributed by atoms with E-state index in [0.29, 0.717) is 5.82 Å². The van der Waals surface area contributed by atoms with Crippen LogP contribution in [0.4, 0.5) is 11.5 Å². The number of nitrogens with zero attached hydrogens (tertiary/aromatic N) is 4. The largest absolute Gasteiger partial charge is 0.370 e. The van der Waals surface area contributed by atoms with Gasteiger partial charge in [0, 0.05) is 53.5 Å². The summed E-state index contributed by atoms with van der Waals surface area (Å²) in [6, 6.07) is 8.13. The van der Waals surface area contributed by atoms with E-state index in [4.69, 9.17) is 0 Å². The fraction of sp³-hybridized carbons (Fsp3) is 0.278. The number of nitro groups is 1. The van der Waals surface area contributed by atoms with Gasteiger partial charge in [-0.1, -0.05) is 6.92 Å². The Kier molecular flexibility index (Phi) is 5.52. The van der Waals surface area contributed by atoms with E-state index in [2.05, 4.69) is 27.2 Å². The Morgan fingerprint density at radius 1 is 1.23 bits per heavy atom. The van der Waals surface area contributed by atoms with Gasteiger partial charge in [0.1, 0.15) is 5.82 Å². The number of aromatic nitrogens is 3. The van der Waals surface area contributed by atoms with Crippen molar-refractivity contribution in [2.24, 2.45) is 0 Å². The van der Waals surface area contributed by atoms with E-state index in [0.717, 1.165) is 41.5 Å². The molecule has 2 heterocycles. The van der Waals surface area contributed by atoms with E-state index in [-0.39, 0.29) is 5.69 Å². The van der Waals surface area contributed by atoms with Gasteiger partial charge in [-0.05, 0) is 25.5 Å². The fourth-order valence-corrected chi connectivity index (χ4v) is 3.31. The molecular formula is C18H19N5O2S. The van der Waals surface area contributed by atoms with Crippen LogP contribution in [0.2, 0.25) is 0 Å². The summed E-state index contributed by atoms with van der Waals surface area (Å²) in [5, 5.41) is 15.2. The Bertz CT molecular complexity index is 908. The van der Waals surface area contributed by atoms with Crippen molar-refractivity contribution in [1.82, 2.24) is 15.0 Å². The van der Waals surface area contributed by atoms with Gasteiger partial charge in [-0.3, -0.25) is 10.1 Å². The van der Waals surface area contributed by atoms with Crippen molar-refractivity contribution in [2.75, 3.05) is 11.9 Å². The standard InChI is InChI=1S/C18H19N5O2S/c1-3-15-11-20-17(26-15)8-9-19-16-10-12(2)21-18(22-16)13-4-6-14(7-5-13)23(24)25/h4-7,10-11H,3,8-9H2,1-2H3,(H,19,21,22). The lowest BCUT2D eigenvalue weighted by molar-refractivity contribution is -0.384. The zero-order valence-electron chi connectivity index (χ0n) is 14.6. The van der Waals surface area contributed by atoms with Crippen molar-refractivity contribution >= 4 is 22.8 Å². The maximum Gasteiger partial charge on any atom is 0.269 e. The molecule has 0 radical (unpaired) electrons. The predicted molar refractivity (Wildman–Crippen MR) is 103 cm³/mol. The number of rotatable bonds is 7. The molecule has 26 heavy (non-hydrogen) atoms. The molecule has 3 aromatic rings. The molecule has 1 N–H and O–H groups in total. The van der Waals surface area contributed by atoms with Crippen molar-refractivity contribution in [3.05, 3.63) is 62.2 Å². The average Bonchev–Trinajstić information content (AvgIpc) is 3.09. The monoisotopic (exact) mass is 369 g/mol. The normalized spacial score (nSPS) is 10.7. The Labute approximate surface area is 155 Å². The van der Waals surface area contributed by atoms with Crippen LogP contribution in [0.5, 0.6) is 0 Å². The van der Waals surface area contributed by atoms with Gasteiger partial charge in [0.05, 0.1) is 9.93 Å². The van der Waals surface area contributed by atoms with Gasteiger partial charge in [0.2, 0.25) is 0 Å². The van der Waals surface area contributed by atoms with E-state index >= 15 is 0 Å². The minimum absolute atomic E-state index is 0.0506. The van der Waals surface area contributed by atoms with Crippen LogP contribution >= 0.6 is 11.3 Å². The molecule has 2 aromatic heterocycles. The lowest BCUT2D eigenvalue weighted by Crippen LogP contribution is -2.07. The highest BCUT2D eigenvalue weighted by Crippen LogP contribution is 2.21. The highest BCUT2D eigenvalue weighted by atomic mass is 32.1. The van der Waals surface area contributed by atoms with Crippen LogP contribution in [0.25, 0.3) is 11.4 Å². The Morgan fingerprint density at radius 3 is 2.65 bits per heavy atom. The molecule has 0 amide bonds. The number of benzene rings is 1. The SMILES string of the molecule is CCc1cnc(CCNc2cc(C)nc(-c3ccc([N+](=O)[O-])cc3)n2)s1. The number of nitro benzene ring substituents is 1.